The van der Waals surface area contributed by atoms with Gasteiger partial charge in [-0.25, -0.2) is 0 Å². The average molecular weight is 206 g/mol. The highest BCUT2D eigenvalue weighted by Crippen LogP contribution is 2.32. The van der Waals surface area contributed by atoms with Crippen molar-refractivity contribution in [1.29, 1.82) is 0 Å². The number of hydrogen-bond acceptors (Lipinski definition) is 3. The van der Waals surface area contributed by atoms with Gasteiger partial charge in [0, 0.05) is 0 Å². The van der Waals surface area contributed by atoms with Crippen LogP contribution in [0.5, 0.6) is 11.5 Å². The summed E-state index contributed by atoms with van der Waals surface area (Å²) in [5.74, 6) is 1.61. The van der Waals surface area contributed by atoms with E-state index in [9.17, 15) is 0 Å². The Labute approximate surface area is 90.6 Å². The lowest BCUT2D eigenvalue weighted by atomic mass is 9.99. The van der Waals surface area contributed by atoms with Crippen molar-refractivity contribution in [1.82, 2.24) is 4.90 Å². The van der Waals surface area contributed by atoms with Crippen molar-refractivity contribution in [2.24, 2.45) is 0 Å². The molecule has 0 aromatic heterocycles. The summed E-state index contributed by atoms with van der Waals surface area (Å²) in [5, 5.41) is 0. The fourth-order valence-electron chi connectivity index (χ4n) is 1.94. The molecule has 0 radical (unpaired) electrons. The summed E-state index contributed by atoms with van der Waals surface area (Å²) in [6.07, 6.45) is 1.03. The quantitative estimate of drug-likeness (QED) is 0.689. The van der Waals surface area contributed by atoms with Gasteiger partial charge < -0.3 is 14.4 Å². The maximum atomic E-state index is 5.27. The minimum Gasteiger partial charge on any atom is -0.493 e. The van der Waals surface area contributed by atoms with E-state index < -0.39 is 0 Å². The number of rotatable bonds is 2. The summed E-state index contributed by atoms with van der Waals surface area (Å²) in [7, 11) is 7.28. The van der Waals surface area contributed by atoms with Gasteiger partial charge in [-0.05, 0) is 42.8 Å². The predicted octanol–water partition coefficient (Wildman–Crippen LogP) is 1.85. The summed E-state index contributed by atoms with van der Waals surface area (Å²) < 4.78 is 10.5. The molecule has 0 amide bonds. The van der Waals surface area contributed by atoms with Crippen molar-refractivity contribution in [2.45, 2.75) is 13.0 Å². The molecule has 0 aliphatic carbocycles. The average Bonchev–Trinajstić information content (AvgIpc) is 2.27. The Morgan fingerprint density at radius 2 is 1.73 bits per heavy atom. The Bertz CT molecular complexity index is 363. The Balaban J connectivity index is 2.41. The molecule has 1 aliphatic rings. The minimum atomic E-state index is 0.798. The third kappa shape index (κ3) is 1.92. The second-order valence-corrected chi connectivity index (χ2v) is 3.78. The highest BCUT2D eigenvalue weighted by atomic mass is 16.5. The third-order valence-corrected chi connectivity index (χ3v) is 2.80. The van der Waals surface area contributed by atoms with E-state index in [2.05, 4.69) is 18.0 Å². The van der Waals surface area contributed by atoms with Gasteiger partial charge in [-0.15, -0.1) is 0 Å². The summed E-state index contributed by atoms with van der Waals surface area (Å²) in [6.45, 7) is 1.89. The van der Waals surface area contributed by atoms with Crippen LogP contribution in [0.15, 0.2) is 12.1 Å². The van der Waals surface area contributed by atoms with Gasteiger partial charge in [0.25, 0.3) is 0 Å². The van der Waals surface area contributed by atoms with Crippen LogP contribution in [0.1, 0.15) is 11.1 Å². The van der Waals surface area contributed by atoms with E-state index in [1.54, 1.807) is 14.2 Å². The lowest BCUT2D eigenvalue weighted by Gasteiger charge is -2.31. The minimum absolute atomic E-state index is 0.798. The van der Waals surface area contributed by atoms with Gasteiger partial charge in [-0.2, -0.15) is 0 Å². The van der Waals surface area contributed by atoms with Crippen LogP contribution in [0, 0.1) is 7.05 Å². The zero-order valence-corrected chi connectivity index (χ0v) is 9.25. The molecular formula is C12H16NO2-. The molecule has 0 N–H and O–H groups in total. The first-order valence-corrected chi connectivity index (χ1v) is 5.04. The van der Waals surface area contributed by atoms with Gasteiger partial charge in [-0.3, -0.25) is 7.05 Å². The molecule has 0 spiro atoms. The first kappa shape index (κ1) is 10.3. The summed E-state index contributed by atoms with van der Waals surface area (Å²) in [6, 6.07) is 4.12. The SMILES string of the molecule is [CH2-]N1CCc2cc(OC)c(OC)cc2C1. The number of methoxy groups -OCH3 is 2. The van der Waals surface area contributed by atoms with E-state index in [4.69, 9.17) is 9.47 Å². The van der Waals surface area contributed by atoms with Gasteiger partial charge in [0.2, 0.25) is 0 Å². The van der Waals surface area contributed by atoms with E-state index >= 15 is 0 Å². The lowest BCUT2D eigenvalue weighted by Crippen LogP contribution is -2.24. The van der Waals surface area contributed by atoms with Crippen molar-refractivity contribution < 1.29 is 9.47 Å². The molecule has 3 nitrogen and oxygen atoms in total. The van der Waals surface area contributed by atoms with Crippen molar-refractivity contribution >= 4 is 0 Å². The summed E-state index contributed by atoms with van der Waals surface area (Å²) >= 11 is 0. The van der Waals surface area contributed by atoms with Crippen LogP contribution in [0.4, 0.5) is 0 Å². The Morgan fingerprint density at radius 3 is 2.33 bits per heavy atom. The maximum Gasteiger partial charge on any atom is 0.161 e. The van der Waals surface area contributed by atoms with Crippen LogP contribution in [-0.2, 0) is 13.0 Å². The van der Waals surface area contributed by atoms with Crippen molar-refractivity contribution in [3.8, 4) is 11.5 Å². The monoisotopic (exact) mass is 206 g/mol. The maximum absolute atomic E-state index is 5.27. The molecule has 1 aromatic rings. The van der Waals surface area contributed by atoms with Gasteiger partial charge in [0.1, 0.15) is 0 Å². The van der Waals surface area contributed by atoms with Crippen LogP contribution >= 0.6 is 0 Å². The van der Waals surface area contributed by atoms with Gasteiger partial charge in [0.15, 0.2) is 11.5 Å². The van der Waals surface area contributed by atoms with Gasteiger partial charge in [-0.1, -0.05) is 0 Å². The van der Waals surface area contributed by atoms with Crippen molar-refractivity contribution in [3.05, 3.63) is 30.3 Å². The molecule has 0 atom stereocenters. The predicted molar refractivity (Wildman–Crippen MR) is 59.0 cm³/mol. The molecule has 3 heteroatoms. The number of nitrogens with zero attached hydrogens (tertiary/aromatic N) is 1. The highest BCUT2D eigenvalue weighted by Gasteiger charge is 2.14. The van der Waals surface area contributed by atoms with E-state index in [-0.39, 0.29) is 0 Å². The Hall–Kier alpha value is -1.22. The van der Waals surface area contributed by atoms with Crippen LogP contribution in [0.25, 0.3) is 0 Å². The molecule has 0 saturated carbocycles. The Morgan fingerprint density at radius 1 is 1.13 bits per heavy atom. The highest BCUT2D eigenvalue weighted by molar-refractivity contribution is 5.48. The zero-order valence-electron chi connectivity index (χ0n) is 9.25. The summed E-state index contributed by atoms with van der Waals surface area (Å²) in [4.78, 5) is 2.06. The van der Waals surface area contributed by atoms with Crippen LogP contribution in [0.3, 0.4) is 0 Å². The Kier molecular flexibility index (Phi) is 2.82. The first-order chi connectivity index (χ1) is 7.24. The lowest BCUT2D eigenvalue weighted by molar-refractivity contribution is 0.334. The van der Waals surface area contributed by atoms with Gasteiger partial charge >= 0.3 is 0 Å². The molecule has 0 fully saturated rings. The number of benzene rings is 1. The molecule has 1 aliphatic heterocycles. The van der Waals surface area contributed by atoms with Crippen LogP contribution in [0.2, 0.25) is 0 Å². The number of ether oxygens (including phenoxy) is 2. The fourth-order valence-corrected chi connectivity index (χ4v) is 1.94. The zero-order chi connectivity index (χ0) is 10.8. The molecule has 1 aromatic carbocycles. The van der Waals surface area contributed by atoms with Gasteiger partial charge in [0.05, 0.1) is 14.2 Å². The van der Waals surface area contributed by atoms with E-state index in [1.165, 1.54) is 11.1 Å². The van der Waals surface area contributed by atoms with E-state index in [1.807, 2.05) is 6.07 Å². The molecule has 15 heavy (non-hydrogen) atoms. The molecule has 0 saturated heterocycles. The topological polar surface area (TPSA) is 21.7 Å². The standard InChI is InChI=1S/C12H16NO2/c1-13-5-4-9-6-11(14-2)12(15-3)7-10(9)8-13/h6-7H,1,4-5,8H2,2-3H3/q-1. The normalized spacial score (nSPS) is 15.9. The molecule has 0 bridgehead atoms. The van der Waals surface area contributed by atoms with Crippen molar-refractivity contribution in [2.75, 3.05) is 20.8 Å². The number of hydrogen-bond donors (Lipinski definition) is 0. The second kappa shape index (κ2) is 4.11. The molecule has 2 rings (SSSR count). The first-order valence-electron chi connectivity index (χ1n) is 5.04. The van der Waals surface area contributed by atoms with Crippen LogP contribution < -0.4 is 9.47 Å². The molecule has 82 valence electrons. The van der Waals surface area contributed by atoms with Crippen LogP contribution in [-0.4, -0.2) is 25.7 Å². The van der Waals surface area contributed by atoms with E-state index in [0.29, 0.717) is 0 Å². The van der Waals surface area contributed by atoms with Crippen molar-refractivity contribution in [3.63, 3.8) is 0 Å². The smallest absolute Gasteiger partial charge is 0.161 e. The second-order valence-electron chi connectivity index (χ2n) is 3.78. The largest absolute Gasteiger partial charge is 0.493 e. The van der Waals surface area contributed by atoms with E-state index in [0.717, 1.165) is 31.0 Å². The molecule has 1 heterocycles. The number of fused-ring (bicyclic) bond motifs is 1. The molecular weight excluding hydrogens is 190 g/mol. The fraction of sp³-hybridized carbons (Fsp3) is 0.417. The third-order valence-electron chi connectivity index (χ3n) is 2.80. The molecule has 0 unspecified atom stereocenters. The summed E-state index contributed by atoms with van der Waals surface area (Å²) in [5.41, 5.74) is 2.63.